The zero-order valence-corrected chi connectivity index (χ0v) is 18.0. The largest absolute Gasteiger partial charge is 0.368 e. The van der Waals surface area contributed by atoms with Gasteiger partial charge in [0.05, 0.1) is 6.04 Å². The lowest BCUT2D eigenvalue weighted by atomic mass is 9.87. The van der Waals surface area contributed by atoms with Crippen LogP contribution in [0.1, 0.15) is 33.2 Å². The lowest BCUT2D eigenvalue weighted by Gasteiger charge is -2.40. The molecule has 3 aromatic rings. The monoisotopic (exact) mass is 438 g/mol. The van der Waals surface area contributed by atoms with E-state index in [4.69, 9.17) is 17.3 Å². The fraction of sp³-hybridized carbons (Fsp3) is 0.261. The van der Waals surface area contributed by atoms with E-state index in [0.29, 0.717) is 12.0 Å². The molecule has 3 amide bonds. The molecule has 1 aliphatic heterocycles. The molecule has 0 saturated carbocycles. The van der Waals surface area contributed by atoms with E-state index in [1.54, 1.807) is 38.4 Å². The zero-order valence-electron chi connectivity index (χ0n) is 17.3. The lowest BCUT2D eigenvalue weighted by Crippen LogP contribution is -2.54. The Morgan fingerprint density at radius 3 is 2.42 bits per heavy atom. The summed E-state index contributed by atoms with van der Waals surface area (Å²) < 4.78 is 0. The number of aromatic amines is 1. The van der Waals surface area contributed by atoms with Gasteiger partial charge in [0.2, 0.25) is 11.8 Å². The van der Waals surface area contributed by atoms with Gasteiger partial charge in [0, 0.05) is 42.7 Å². The first kappa shape index (κ1) is 20.9. The van der Waals surface area contributed by atoms with E-state index in [9.17, 15) is 14.4 Å². The van der Waals surface area contributed by atoms with Gasteiger partial charge in [-0.2, -0.15) is 0 Å². The Balaban J connectivity index is 1.90. The molecule has 7 nitrogen and oxygen atoms in total. The number of alkyl halides is 1. The van der Waals surface area contributed by atoms with Gasteiger partial charge in [0.15, 0.2) is 0 Å². The van der Waals surface area contributed by atoms with Crippen LogP contribution >= 0.6 is 11.6 Å². The first-order chi connectivity index (χ1) is 14.8. The summed E-state index contributed by atoms with van der Waals surface area (Å²) in [6.45, 7) is 0. The van der Waals surface area contributed by atoms with E-state index < -0.39 is 18.0 Å². The molecule has 4 rings (SSSR count). The summed E-state index contributed by atoms with van der Waals surface area (Å²) in [5.74, 6) is -1.36. The molecule has 160 valence electrons. The van der Waals surface area contributed by atoms with Gasteiger partial charge in [-0.1, -0.05) is 30.3 Å². The summed E-state index contributed by atoms with van der Waals surface area (Å²) in [6, 6.07) is 13.4. The maximum atomic E-state index is 12.9. The number of nitrogens with one attached hydrogen (secondary N) is 1. The summed E-state index contributed by atoms with van der Waals surface area (Å²) >= 11 is 5.91. The molecule has 0 radical (unpaired) electrons. The normalized spacial score (nSPS) is 18.0. The summed E-state index contributed by atoms with van der Waals surface area (Å²) in [5, 5.41) is 0.992. The number of hydrogen-bond acceptors (Lipinski definition) is 3. The molecule has 0 fully saturated rings. The standard InChI is InChI=1S/C23H23ClN4O3/c1-27(2)23(31)14-9-7-13(8-10-14)21-20-16(15-5-3-4-6-17(15)26-20)11-18(22(25)30)28(21)19(29)12-24/h3-10,18,21,26H,11-12H2,1-2H3,(H2,25,30)/t18-,21+/m1/s1. The first-order valence-corrected chi connectivity index (χ1v) is 10.4. The van der Waals surface area contributed by atoms with Crippen LogP contribution in [0.15, 0.2) is 48.5 Å². The average molecular weight is 439 g/mol. The Morgan fingerprint density at radius 1 is 1.13 bits per heavy atom. The van der Waals surface area contributed by atoms with Crippen molar-refractivity contribution in [1.82, 2.24) is 14.8 Å². The number of carbonyl (C=O) groups is 3. The summed E-state index contributed by atoms with van der Waals surface area (Å²) in [5.41, 5.74) is 9.70. The number of para-hydroxylation sites is 1. The van der Waals surface area contributed by atoms with Crippen molar-refractivity contribution in [2.75, 3.05) is 20.0 Å². The van der Waals surface area contributed by atoms with Crippen LogP contribution in [0.25, 0.3) is 10.9 Å². The number of H-pyrrole nitrogens is 1. The van der Waals surface area contributed by atoms with E-state index >= 15 is 0 Å². The highest BCUT2D eigenvalue weighted by Gasteiger charge is 2.42. The van der Waals surface area contributed by atoms with Gasteiger partial charge < -0.3 is 20.5 Å². The summed E-state index contributed by atoms with van der Waals surface area (Å²) in [4.78, 5) is 43.9. The first-order valence-electron chi connectivity index (χ1n) is 9.91. The van der Waals surface area contributed by atoms with Gasteiger partial charge in [-0.15, -0.1) is 11.6 Å². The van der Waals surface area contributed by atoms with Gasteiger partial charge in [-0.05, 0) is 29.3 Å². The van der Waals surface area contributed by atoms with Crippen molar-refractivity contribution in [3.63, 3.8) is 0 Å². The van der Waals surface area contributed by atoms with Crippen molar-refractivity contribution in [3.05, 3.63) is 70.9 Å². The van der Waals surface area contributed by atoms with Gasteiger partial charge >= 0.3 is 0 Å². The average Bonchev–Trinajstić information content (AvgIpc) is 3.15. The molecule has 31 heavy (non-hydrogen) atoms. The van der Waals surface area contributed by atoms with E-state index in [-0.39, 0.29) is 17.7 Å². The van der Waals surface area contributed by atoms with Gasteiger partial charge in [0.1, 0.15) is 11.9 Å². The van der Waals surface area contributed by atoms with E-state index in [0.717, 1.165) is 27.7 Å². The number of halogens is 1. The van der Waals surface area contributed by atoms with Crippen molar-refractivity contribution in [3.8, 4) is 0 Å². The molecule has 0 unspecified atom stereocenters. The molecule has 0 bridgehead atoms. The molecule has 2 aromatic carbocycles. The van der Waals surface area contributed by atoms with Crippen LogP contribution < -0.4 is 5.73 Å². The van der Waals surface area contributed by atoms with Crippen LogP contribution in [-0.4, -0.2) is 58.5 Å². The number of benzene rings is 2. The highest BCUT2D eigenvalue weighted by atomic mass is 35.5. The Kier molecular flexibility index (Phi) is 5.45. The van der Waals surface area contributed by atoms with Crippen LogP contribution in [0.5, 0.6) is 0 Å². The predicted molar refractivity (Wildman–Crippen MR) is 119 cm³/mol. The quantitative estimate of drug-likeness (QED) is 0.612. The van der Waals surface area contributed by atoms with Crippen molar-refractivity contribution in [2.24, 2.45) is 5.73 Å². The van der Waals surface area contributed by atoms with Crippen LogP contribution in [0.3, 0.4) is 0 Å². The minimum atomic E-state index is -0.828. The lowest BCUT2D eigenvalue weighted by molar-refractivity contribution is -0.140. The highest BCUT2D eigenvalue weighted by Crippen LogP contribution is 2.41. The molecule has 2 heterocycles. The molecule has 2 atom stereocenters. The molecular weight excluding hydrogens is 416 g/mol. The molecule has 1 aromatic heterocycles. The molecule has 0 spiro atoms. The number of nitrogens with zero attached hydrogens (tertiary/aromatic N) is 2. The van der Waals surface area contributed by atoms with Gasteiger partial charge in [0.25, 0.3) is 5.91 Å². The smallest absolute Gasteiger partial charge is 0.253 e. The number of amides is 3. The van der Waals surface area contributed by atoms with Crippen molar-refractivity contribution < 1.29 is 14.4 Å². The Morgan fingerprint density at radius 2 is 1.81 bits per heavy atom. The second-order valence-electron chi connectivity index (χ2n) is 7.84. The third-order valence-corrected chi connectivity index (χ3v) is 5.97. The highest BCUT2D eigenvalue weighted by molar-refractivity contribution is 6.27. The van der Waals surface area contributed by atoms with Crippen LogP contribution in [0.4, 0.5) is 0 Å². The minimum Gasteiger partial charge on any atom is -0.368 e. The van der Waals surface area contributed by atoms with E-state index in [1.165, 1.54) is 9.80 Å². The minimum absolute atomic E-state index is 0.120. The zero-order chi connectivity index (χ0) is 22.3. The Bertz CT molecular complexity index is 1170. The number of primary amides is 1. The molecule has 0 aliphatic carbocycles. The van der Waals surface area contributed by atoms with E-state index in [2.05, 4.69) is 4.98 Å². The molecule has 1 aliphatic rings. The van der Waals surface area contributed by atoms with Gasteiger partial charge in [-0.3, -0.25) is 14.4 Å². The van der Waals surface area contributed by atoms with Gasteiger partial charge in [-0.25, -0.2) is 0 Å². The predicted octanol–water partition coefficient (Wildman–Crippen LogP) is 2.44. The molecule has 3 N–H and O–H groups in total. The fourth-order valence-corrected chi connectivity index (χ4v) is 4.44. The summed E-state index contributed by atoms with van der Waals surface area (Å²) in [6.07, 6.45) is 0.311. The number of hydrogen-bond donors (Lipinski definition) is 2. The fourth-order valence-electron chi connectivity index (χ4n) is 4.30. The second-order valence-corrected chi connectivity index (χ2v) is 8.11. The van der Waals surface area contributed by atoms with Crippen molar-refractivity contribution in [1.29, 1.82) is 0 Å². The molecular formula is C23H23ClN4O3. The maximum absolute atomic E-state index is 12.9. The van der Waals surface area contributed by atoms with E-state index in [1.807, 2.05) is 24.3 Å². The maximum Gasteiger partial charge on any atom is 0.253 e. The summed E-state index contributed by atoms with van der Waals surface area (Å²) in [7, 11) is 3.37. The number of aromatic nitrogens is 1. The number of nitrogens with two attached hydrogens (primary N) is 1. The van der Waals surface area contributed by atoms with Crippen LogP contribution in [0.2, 0.25) is 0 Å². The third-order valence-electron chi connectivity index (χ3n) is 5.74. The molecule has 8 heteroatoms. The number of carbonyl (C=O) groups excluding carboxylic acids is 3. The van der Waals surface area contributed by atoms with Crippen LogP contribution in [-0.2, 0) is 16.0 Å². The third kappa shape index (κ3) is 3.55. The Hall–Kier alpha value is -3.32. The van der Waals surface area contributed by atoms with Crippen molar-refractivity contribution in [2.45, 2.75) is 18.5 Å². The second kappa shape index (κ2) is 8.07. The Labute approximate surface area is 184 Å². The number of fused-ring (bicyclic) bond motifs is 3. The van der Waals surface area contributed by atoms with Crippen LogP contribution in [0, 0.1) is 0 Å². The number of rotatable bonds is 4. The van der Waals surface area contributed by atoms with Crippen molar-refractivity contribution >= 4 is 40.2 Å². The SMILES string of the molecule is CN(C)C(=O)c1ccc([C@H]2c3[nH]c4ccccc4c3C[C@H](C(N)=O)N2C(=O)CCl)cc1. The molecule has 0 saturated heterocycles. The topological polar surface area (TPSA) is 99.5 Å².